The molecule has 1 amide bonds. The zero-order valence-corrected chi connectivity index (χ0v) is 18.0. The molecule has 0 atom stereocenters. The van der Waals surface area contributed by atoms with E-state index in [1.807, 2.05) is 0 Å². The van der Waals surface area contributed by atoms with Crippen LogP contribution in [0.4, 0.5) is 20.2 Å². The number of amides is 1. The van der Waals surface area contributed by atoms with Crippen LogP contribution in [-0.4, -0.2) is 45.4 Å². The van der Waals surface area contributed by atoms with Gasteiger partial charge in [0.2, 0.25) is 15.9 Å². The third-order valence-corrected chi connectivity index (χ3v) is 6.91. The molecular formula is C21H25F2N3O4S. The van der Waals surface area contributed by atoms with E-state index in [1.165, 1.54) is 29.6 Å². The fraction of sp³-hybridized carbons (Fsp3) is 0.381. The minimum atomic E-state index is -3.68. The molecule has 0 unspecified atom stereocenters. The highest BCUT2D eigenvalue weighted by Gasteiger charge is 2.26. The van der Waals surface area contributed by atoms with Gasteiger partial charge in [0.05, 0.1) is 29.9 Å². The summed E-state index contributed by atoms with van der Waals surface area (Å²) < 4.78 is 59.8. The van der Waals surface area contributed by atoms with Gasteiger partial charge in [-0.2, -0.15) is 4.31 Å². The molecule has 1 fully saturated rings. The van der Waals surface area contributed by atoms with Crippen LogP contribution in [0.1, 0.15) is 25.7 Å². The second-order valence-electron chi connectivity index (χ2n) is 7.21. The average molecular weight is 454 g/mol. The Morgan fingerprint density at radius 1 is 1.03 bits per heavy atom. The second-order valence-corrected chi connectivity index (χ2v) is 9.14. The molecule has 1 aliphatic rings. The quantitative estimate of drug-likeness (QED) is 0.669. The number of carbonyl (C=O) groups excluding carboxylic acids is 1. The first kappa shape index (κ1) is 23.0. The van der Waals surface area contributed by atoms with E-state index in [1.54, 1.807) is 0 Å². The summed E-state index contributed by atoms with van der Waals surface area (Å²) in [7, 11) is -2.26. The molecule has 2 N–H and O–H groups in total. The molecular weight excluding hydrogens is 428 g/mol. The van der Waals surface area contributed by atoms with E-state index in [0.29, 0.717) is 24.5 Å². The Morgan fingerprint density at radius 3 is 2.42 bits per heavy atom. The molecule has 0 saturated carbocycles. The molecule has 10 heteroatoms. The molecule has 31 heavy (non-hydrogen) atoms. The van der Waals surface area contributed by atoms with Crippen LogP contribution >= 0.6 is 0 Å². The summed E-state index contributed by atoms with van der Waals surface area (Å²) in [5.74, 6) is -1.73. The Morgan fingerprint density at radius 2 is 1.74 bits per heavy atom. The highest BCUT2D eigenvalue weighted by Crippen LogP contribution is 2.29. The van der Waals surface area contributed by atoms with Crippen LogP contribution in [0, 0.1) is 11.6 Å². The lowest BCUT2D eigenvalue weighted by atomic mass is 10.2. The smallest absolute Gasteiger partial charge is 0.243 e. The van der Waals surface area contributed by atoms with Crippen molar-refractivity contribution in [3.05, 3.63) is 48.0 Å². The van der Waals surface area contributed by atoms with Crippen molar-refractivity contribution in [2.45, 2.75) is 30.6 Å². The van der Waals surface area contributed by atoms with Crippen molar-refractivity contribution in [2.24, 2.45) is 0 Å². The number of carbonyl (C=O) groups is 1. The highest BCUT2D eigenvalue weighted by atomic mass is 32.2. The number of sulfonamides is 1. The predicted molar refractivity (Wildman–Crippen MR) is 114 cm³/mol. The lowest BCUT2D eigenvalue weighted by molar-refractivity contribution is -0.114. The number of rotatable bonds is 7. The summed E-state index contributed by atoms with van der Waals surface area (Å²) in [5.41, 5.74) is 0.0181. The number of anilines is 2. The SMILES string of the molecule is COc1ccc(S(=O)(=O)N2CCCCCC2)cc1NCC(=O)Nc1cc(F)ccc1F. The first-order valence-electron chi connectivity index (χ1n) is 9.98. The Kier molecular flexibility index (Phi) is 7.45. The van der Waals surface area contributed by atoms with Crippen LogP contribution in [0.3, 0.4) is 0 Å². The van der Waals surface area contributed by atoms with Gasteiger partial charge < -0.3 is 15.4 Å². The maximum atomic E-state index is 13.7. The number of nitrogens with zero attached hydrogens (tertiary/aromatic N) is 1. The summed E-state index contributed by atoms with van der Waals surface area (Å²) >= 11 is 0. The molecule has 0 bridgehead atoms. The Labute approximate surface area is 180 Å². The number of nitrogens with one attached hydrogen (secondary N) is 2. The van der Waals surface area contributed by atoms with E-state index in [2.05, 4.69) is 10.6 Å². The molecule has 1 heterocycles. The minimum Gasteiger partial charge on any atom is -0.495 e. The van der Waals surface area contributed by atoms with Crippen molar-refractivity contribution in [2.75, 3.05) is 37.4 Å². The van der Waals surface area contributed by atoms with E-state index >= 15 is 0 Å². The number of hydrogen-bond donors (Lipinski definition) is 2. The second kappa shape index (κ2) is 10.1. The average Bonchev–Trinajstić information content (AvgIpc) is 3.05. The van der Waals surface area contributed by atoms with Crippen LogP contribution in [0.15, 0.2) is 41.3 Å². The molecule has 0 spiro atoms. The summed E-state index contributed by atoms with van der Waals surface area (Å²) in [6.07, 6.45) is 3.64. The molecule has 3 rings (SSSR count). The number of hydrogen-bond acceptors (Lipinski definition) is 5. The van der Waals surface area contributed by atoms with Crippen LogP contribution in [0.25, 0.3) is 0 Å². The Bertz CT molecular complexity index is 1040. The Hall–Kier alpha value is -2.72. The normalized spacial score (nSPS) is 15.2. The van der Waals surface area contributed by atoms with Gasteiger partial charge in [-0.05, 0) is 43.2 Å². The van der Waals surface area contributed by atoms with Crippen molar-refractivity contribution in [1.82, 2.24) is 4.31 Å². The summed E-state index contributed by atoms with van der Waals surface area (Å²) in [6, 6.07) is 7.13. The molecule has 0 aromatic heterocycles. The van der Waals surface area contributed by atoms with Crippen LogP contribution < -0.4 is 15.4 Å². The van der Waals surface area contributed by atoms with Gasteiger partial charge in [-0.15, -0.1) is 0 Å². The first-order chi connectivity index (χ1) is 14.8. The summed E-state index contributed by atoms with van der Waals surface area (Å²) in [4.78, 5) is 12.3. The topological polar surface area (TPSA) is 87.7 Å². The van der Waals surface area contributed by atoms with Crippen LogP contribution in [0.5, 0.6) is 5.75 Å². The number of ether oxygens (including phenoxy) is 1. The monoisotopic (exact) mass is 453 g/mol. The lowest BCUT2D eigenvalue weighted by Crippen LogP contribution is -2.32. The lowest BCUT2D eigenvalue weighted by Gasteiger charge is -2.21. The Balaban J connectivity index is 1.74. The van der Waals surface area contributed by atoms with E-state index in [-0.39, 0.29) is 17.1 Å². The molecule has 0 radical (unpaired) electrons. The highest BCUT2D eigenvalue weighted by molar-refractivity contribution is 7.89. The summed E-state index contributed by atoms with van der Waals surface area (Å²) in [6.45, 7) is 0.636. The van der Waals surface area contributed by atoms with Gasteiger partial charge in [0.1, 0.15) is 17.4 Å². The standard InChI is InChI=1S/C21H25F2N3O4S/c1-30-20-9-7-16(31(28,29)26-10-4-2-3-5-11-26)13-19(20)24-14-21(27)25-18-12-15(22)6-8-17(18)23/h6-9,12-13,24H,2-5,10-11,14H2,1H3,(H,25,27). The third kappa shape index (κ3) is 5.71. The van der Waals surface area contributed by atoms with Crippen molar-refractivity contribution in [1.29, 1.82) is 0 Å². The summed E-state index contributed by atoms with van der Waals surface area (Å²) in [5, 5.41) is 5.09. The van der Waals surface area contributed by atoms with Gasteiger partial charge in [0.15, 0.2) is 0 Å². The maximum Gasteiger partial charge on any atom is 0.243 e. The zero-order chi connectivity index (χ0) is 22.4. The molecule has 2 aromatic carbocycles. The zero-order valence-electron chi connectivity index (χ0n) is 17.2. The van der Waals surface area contributed by atoms with Gasteiger partial charge in [0.25, 0.3) is 0 Å². The van der Waals surface area contributed by atoms with E-state index in [4.69, 9.17) is 4.74 Å². The van der Waals surface area contributed by atoms with Crippen LogP contribution in [-0.2, 0) is 14.8 Å². The van der Waals surface area contributed by atoms with Crippen molar-refractivity contribution in [3.63, 3.8) is 0 Å². The van der Waals surface area contributed by atoms with Gasteiger partial charge in [-0.1, -0.05) is 12.8 Å². The van der Waals surface area contributed by atoms with Gasteiger partial charge in [0, 0.05) is 19.2 Å². The predicted octanol–water partition coefficient (Wildman–Crippen LogP) is 3.59. The maximum absolute atomic E-state index is 13.7. The first-order valence-corrected chi connectivity index (χ1v) is 11.4. The number of methoxy groups -OCH3 is 1. The molecule has 1 saturated heterocycles. The van der Waals surface area contributed by atoms with Crippen molar-refractivity contribution in [3.8, 4) is 5.75 Å². The molecule has 0 aliphatic carbocycles. The molecule has 2 aromatic rings. The van der Waals surface area contributed by atoms with E-state index < -0.39 is 27.6 Å². The molecule has 7 nitrogen and oxygen atoms in total. The van der Waals surface area contributed by atoms with Crippen molar-refractivity contribution < 1.29 is 26.7 Å². The van der Waals surface area contributed by atoms with E-state index in [9.17, 15) is 22.0 Å². The van der Waals surface area contributed by atoms with Gasteiger partial charge in [-0.3, -0.25) is 4.79 Å². The molecule has 168 valence electrons. The molecule has 1 aliphatic heterocycles. The number of halogens is 2. The van der Waals surface area contributed by atoms with Crippen LogP contribution in [0.2, 0.25) is 0 Å². The third-order valence-electron chi connectivity index (χ3n) is 5.02. The van der Waals surface area contributed by atoms with Gasteiger partial charge in [-0.25, -0.2) is 17.2 Å². The van der Waals surface area contributed by atoms with Crippen molar-refractivity contribution >= 4 is 27.3 Å². The largest absolute Gasteiger partial charge is 0.495 e. The number of benzene rings is 2. The van der Waals surface area contributed by atoms with Gasteiger partial charge >= 0.3 is 0 Å². The fourth-order valence-corrected chi connectivity index (χ4v) is 4.92. The fourth-order valence-electron chi connectivity index (χ4n) is 3.38. The minimum absolute atomic E-state index is 0.0919. The van der Waals surface area contributed by atoms with E-state index in [0.717, 1.165) is 43.9 Å².